The van der Waals surface area contributed by atoms with Crippen molar-refractivity contribution >= 4 is 5.91 Å². The van der Waals surface area contributed by atoms with Gasteiger partial charge in [0, 0.05) is 17.7 Å². The summed E-state index contributed by atoms with van der Waals surface area (Å²) in [5, 5.41) is 27.8. The summed E-state index contributed by atoms with van der Waals surface area (Å²) in [6, 6.07) is 20.9. The summed E-state index contributed by atoms with van der Waals surface area (Å²) in [6.07, 6.45) is 0. The number of benzene rings is 3. The number of nitrogens with one attached hydrogen (secondary N) is 1. The lowest BCUT2D eigenvalue weighted by Crippen LogP contribution is -2.32. The van der Waals surface area contributed by atoms with Crippen LogP contribution in [-0.2, 0) is 6.61 Å². The van der Waals surface area contributed by atoms with Gasteiger partial charge in [-0.05, 0) is 54.3 Å². The van der Waals surface area contributed by atoms with E-state index in [0.717, 1.165) is 28.0 Å². The van der Waals surface area contributed by atoms with Crippen molar-refractivity contribution in [2.75, 3.05) is 13.2 Å². The summed E-state index contributed by atoms with van der Waals surface area (Å²) in [7, 11) is 0. The van der Waals surface area contributed by atoms with Crippen LogP contribution in [0.4, 0.5) is 0 Å². The topological polar surface area (TPSA) is 98.7 Å². The first-order valence-electron chi connectivity index (χ1n) is 11.5. The van der Waals surface area contributed by atoms with Gasteiger partial charge in [-0.25, -0.2) is 0 Å². The molecule has 0 unspecified atom stereocenters. The number of aliphatic hydroxyl groups is 1. The number of fused-ring (bicyclic) bond motifs is 1. The van der Waals surface area contributed by atoms with Crippen molar-refractivity contribution in [1.29, 1.82) is 0 Å². The number of carbonyl (C=O) groups is 1. The van der Waals surface area contributed by atoms with E-state index in [4.69, 9.17) is 4.74 Å². The lowest BCUT2D eigenvalue weighted by atomic mass is 9.94. The quantitative estimate of drug-likeness (QED) is 0.370. The van der Waals surface area contributed by atoms with Gasteiger partial charge in [-0.1, -0.05) is 48.5 Å². The number of β-amino-alcohol motifs (C(OH)–C–C–N with tert-alkyl or cyclic N) is 1. The van der Waals surface area contributed by atoms with Gasteiger partial charge < -0.3 is 19.8 Å². The van der Waals surface area contributed by atoms with E-state index in [0.29, 0.717) is 29.1 Å². The molecule has 178 valence electrons. The van der Waals surface area contributed by atoms with Crippen LogP contribution in [0.25, 0.3) is 11.3 Å². The van der Waals surface area contributed by atoms with Gasteiger partial charge >= 0.3 is 0 Å². The first-order chi connectivity index (χ1) is 17.0. The van der Waals surface area contributed by atoms with E-state index >= 15 is 0 Å². The predicted molar refractivity (Wildman–Crippen MR) is 132 cm³/mol. The lowest BCUT2D eigenvalue weighted by Gasteiger charge is -2.26. The van der Waals surface area contributed by atoms with Gasteiger partial charge in [0.1, 0.15) is 29.5 Å². The van der Waals surface area contributed by atoms with E-state index in [9.17, 15) is 15.0 Å². The number of hydrogen-bond acceptors (Lipinski definition) is 5. The number of rotatable bonds is 7. The molecule has 0 saturated carbocycles. The maximum Gasteiger partial charge on any atom is 0.273 e. The molecule has 4 aromatic rings. The predicted octanol–water partition coefficient (Wildman–Crippen LogP) is 4.52. The highest BCUT2D eigenvalue weighted by atomic mass is 16.5. The number of nitrogens with zero attached hydrogens (tertiary/aromatic N) is 2. The van der Waals surface area contributed by atoms with Gasteiger partial charge in [-0.15, -0.1) is 0 Å². The summed E-state index contributed by atoms with van der Waals surface area (Å²) in [5.74, 6) is 0.627. The Bertz CT molecular complexity index is 1360. The second kappa shape index (κ2) is 9.27. The molecular weight excluding hydrogens is 442 g/mol. The number of H-pyrrole nitrogens is 1. The Hall–Kier alpha value is -4.10. The van der Waals surface area contributed by atoms with Crippen LogP contribution in [0.3, 0.4) is 0 Å². The molecule has 1 amide bonds. The standard InChI is InChI=1S/C28H27N3O4/c1-17-14-18(2)27(33)22(15-17)24-23-25(30-29-24)28(34)31(12-13-32)26(23)20-8-10-21(11-9-20)35-16-19-6-4-3-5-7-19/h3-11,14-15,26,32-33H,12-13,16H2,1-2H3,(H,29,30)/t26-/m1/s1. The molecule has 1 aliphatic rings. The normalized spacial score (nSPS) is 14.9. The minimum Gasteiger partial charge on any atom is -0.507 e. The number of aryl methyl sites for hydroxylation is 2. The zero-order valence-corrected chi connectivity index (χ0v) is 19.7. The lowest BCUT2D eigenvalue weighted by molar-refractivity contribution is 0.0706. The molecule has 0 saturated heterocycles. The Morgan fingerprint density at radius 3 is 2.51 bits per heavy atom. The molecule has 0 radical (unpaired) electrons. The monoisotopic (exact) mass is 469 g/mol. The van der Waals surface area contributed by atoms with Crippen molar-refractivity contribution in [3.05, 3.63) is 100 Å². The van der Waals surface area contributed by atoms with Crippen molar-refractivity contribution in [2.24, 2.45) is 0 Å². The van der Waals surface area contributed by atoms with E-state index in [2.05, 4.69) is 10.2 Å². The molecule has 1 aromatic heterocycles. The average molecular weight is 470 g/mol. The minimum absolute atomic E-state index is 0.140. The van der Waals surface area contributed by atoms with Gasteiger partial charge in [-0.3, -0.25) is 9.89 Å². The van der Waals surface area contributed by atoms with Crippen LogP contribution in [0.15, 0.2) is 66.7 Å². The number of aliphatic hydroxyl groups excluding tert-OH is 1. The highest BCUT2D eigenvalue weighted by Gasteiger charge is 2.42. The molecule has 35 heavy (non-hydrogen) atoms. The molecule has 0 bridgehead atoms. The fraction of sp³-hybridized carbons (Fsp3) is 0.214. The number of carbonyl (C=O) groups excluding carboxylic acids is 1. The summed E-state index contributed by atoms with van der Waals surface area (Å²) in [6.45, 7) is 4.27. The largest absolute Gasteiger partial charge is 0.507 e. The average Bonchev–Trinajstić information content (AvgIpc) is 3.40. The van der Waals surface area contributed by atoms with Crippen LogP contribution >= 0.6 is 0 Å². The molecule has 0 aliphatic carbocycles. The maximum atomic E-state index is 13.2. The second-order valence-corrected chi connectivity index (χ2v) is 8.81. The van der Waals surface area contributed by atoms with Gasteiger partial charge in [0.15, 0.2) is 0 Å². The SMILES string of the molecule is Cc1cc(C)c(O)c(-c2n[nH]c3c2[C@@H](c2ccc(OCc4ccccc4)cc2)N(CCO)C3=O)c1. The van der Waals surface area contributed by atoms with Crippen molar-refractivity contribution in [1.82, 2.24) is 15.1 Å². The molecule has 7 nitrogen and oxygen atoms in total. The fourth-order valence-corrected chi connectivity index (χ4v) is 4.71. The zero-order valence-electron chi connectivity index (χ0n) is 19.7. The molecule has 1 aliphatic heterocycles. The number of phenolic OH excluding ortho intramolecular Hbond substituents is 1. The number of ether oxygens (including phenoxy) is 1. The van der Waals surface area contributed by atoms with Crippen molar-refractivity contribution in [3.63, 3.8) is 0 Å². The van der Waals surface area contributed by atoms with Gasteiger partial charge in [0.05, 0.1) is 12.6 Å². The van der Waals surface area contributed by atoms with Crippen LogP contribution < -0.4 is 4.74 Å². The minimum atomic E-state index is -0.457. The van der Waals surface area contributed by atoms with Crippen LogP contribution in [-0.4, -0.2) is 44.4 Å². The summed E-state index contributed by atoms with van der Waals surface area (Å²) in [5.41, 5.74) is 5.85. The van der Waals surface area contributed by atoms with Crippen LogP contribution in [0.5, 0.6) is 11.5 Å². The highest BCUT2D eigenvalue weighted by molar-refractivity contribution is 6.00. The van der Waals surface area contributed by atoms with E-state index in [-0.39, 0.29) is 24.8 Å². The Morgan fingerprint density at radius 2 is 1.80 bits per heavy atom. The van der Waals surface area contributed by atoms with Crippen molar-refractivity contribution < 1.29 is 19.7 Å². The van der Waals surface area contributed by atoms with Crippen LogP contribution in [0.2, 0.25) is 0 Å². The fourth-order valence-electron chi connectivity index (χ4n) is 4.71. The highest BCUT2D eigenvalue weighted by Crippen LogP contribution is 2.45. The molecule has 3 N–H and O–H groups in total. The van der Waals surface area contributed by atoms with Gasteiger partial charge in [-0.2, -0.15) is 5.10 Å². The van der Waals surface area contributed by atoms with Crippen molar-refractivity contribution in [3.8, 4) is 22.8 Å². The molecule has 2 heterocycles. The third kappa shape index (κ3) is 4.15. The smallest absolute Gasteiger partial charge is 0.273 e. The molecule has 7 heteroatoms. The molecular formula is C28H27N3O4. The first-order valence-corrected chi connectivity index (χ1v) is 11.5. The van der Waals surface area contributed by atoms with E-state index in [1.165, 1.54) is 0 Å². The van der Waals surface area contributed by atoms with Crippen molar-refractivity contribution in [2.45, 2.75) is 26.5 Å². The van der Waals surface area contributed by atoms with E-state index in [1.54, 1.807) is 4.90 Å². The Balaban J connectivity index is 1.52. The molecule has 1 atom stereocenters. The number of amides is 1. The zero-order chi connectivity index (χ0) is 24.5. The van der Waals surface area contributed by atoms with Crippen LogP contribution in [0, 0.1) is 13.8 Å². The van der Waals surface area contributed by atoms with Gasteiger partial charge in [0.2, 0.25) is 0 Å². The number of aromatic nitrogens is 2. The maximum absolute atomic E-state index is 13.2. The van der Waals surface area contributed by atoms with E-state index < -0.39 is 6.04 Å². The number of phenols is 1. The van der Waals surface area contributed by atoms with Crippen LogP contribution in [0.1, 0.15) is 44.3 Å². The second-order valence-electron chi connectivity index (χ2n) is 8.81. The molecule has 0 fully saturated rings. The number of hydrogen-bond donors (Lipinski definition) is 3. The summed E-state index contributed by atoms with van der Waals surface area (Å²) >= 11 is 0. The van der Waals surface area contributed by atoms with E-state index in [1.807, 2.05) is 80.6 Å². The third-order valence-electron chi connectivity index (χ3n) is 6.35. The Kier molecular flexibility index (Phi) is 6.01. The molecule has 3 aromatic carbocycles. The Labute approximate surface area is 203 Å². The molecule has 5 rings (SSSR count). The summed E-state index contributed by atoms with van der Waals surface area (Å²) < 4.78 is 5.92. The first kappa shape index (κ1) is 22.7. The van der Waals surface area contributed by atoms with Gasteiger partial charge in [0.25, 0.3) is 5.91 Å². The number of aromatic amines is 1. The number of aromatic hydroxyl groups is 1. The third-order valence-corrected chi connectivity index (χ3v) is 6.35. The Morgan fingerprint density at radius 1 is 1.06 bits per heavy atom. The molecule has 0 spiro atoms. The summed E-state index contributed by atoms with van der Waals surface area (Å²) in [4.78, 5) is 14.8.